The zero-order valence-corrected chi connectivity index (χ0v) is 15.6. The monoisotopic (exact) mass is 382 g/mol. The molecule has 0 aromatic carbocycles. The van der Waals surface area contributed by atoms with Gasteiger partial charge >= 0.3 is 6.09 Å². The van der Waals surface area contributed by atoms with E-state index in [2.05, 4.69) is 4.72 Å². The van der Waals surface area contributed by atoms with E-state index in [1.807, 2.05) is 0 Å². The Hall–Kier alpha value is -0.870. The van der Waals surface area contributed by atoms with Crippen LogP contribution in [-0.4, -0.2) is 70.8 Å². The van der Waals surface area contributed by atoms with Crippen molar-refractivity contribution in [3.05, 3.63) is 0 Å². The van der Waals surface area contributed by atoms with E-state index < -0.39 is 19.9 Å². The Morgan fingerprint density at radius 3 is 2.46 bits per heavy atom. The van der Waals surface area contributed by atoms with Gasteiger partial charge in [-0.3, -0.25) is 0 Å². The van der Waals surface area contributed by atoms with Crippen molar-refractivity contribution in [1.82, 2.24) is 9.62 Å². The fraction of sp³-hybridized carbons (Fsp3) is 0.929. The molecule has 2 saturated heterocycles. The van der Waals surface area contributed by atoms with E-state index in [1.54, 1.807) is 11.8 Å². The smallest absolute Gasteiger partial charge is 0.409 e. The molecule has 1 atom stereocenters. The van der Waals surface area contributed by atoms with Crippen molar-refractivity contribution in [3.63, 3.8) is 0 Å². The van der Waals surface area contributed by atoms with Crippen molar-refractivity contribution in [3.8, 4) is 0 Å². The lowest BCUT2D eigenvalue weighted by Crippen LogP contribution is -2.47. The molecular formula is C14H26N2O6S2. The molecule has 2 fully saturated rings. The molecule has 8 nitrogen and oxygen atoms in total. The zero-order valence-electron chi connectivity index (χ0n) is 13.9. The summed E-state index contributed by atoms with van der Waals surface area (Å²) in [4.78, 5) is 13.2. The van der Waals surface area contributed by atoms with Crippen molar-refractivity contribution >= 4 is 26.0 Å². The largest absolute Gasteiger partial charge is 0.450 e. The molecule has 0 saturated carbocycles. The third-order valence-corrected chi connectivity index (χ3v) is 7.79. The van der Waals surface area contributed by atoms with Crippen LogP contribution in [0.25, 0.3) is 0 Å². The Morgan fingerprint density at radius 2 is 1.92 bits per heavy atom. The van der Waals surface area contributed by atoms with Crippen LogP contribution in [0.5, 0.6) is 0 Å². The maximum atomic E-state index is 12.2. The van der Waals surface area contributed by atoms with Gasteiger partial charge in [-0.05, 0) is 38.5 Å². The summed E-state index contributed by atoms with van der Waals surface area (Å²) in [6.07, 6.45) is 1.67. The predicted molar refractivity (Wildman–Crippen MR) is 89.9 cm³/mol. The summed E-state index contributed by atoms with van der Waals surface area (Å²) in [6.45, 7) is 3.00. The lowest BCUT2D eigenvalue weighted by molar-refractivity contribution is 0.0966. The lowest BCUT2D eigenvalue weighted by atomic mass is 10.1. The molecule has 0 aromatic heterocycles. The number of ether oxygens (including phenoxy) is 1. The van der Waals surface area contributed by atoms with E-state index in [1.165, 1.54) is 0 Å². The fourth-order valence-corrected chi connectivity index (χ4v) is 6.54. The Labute approximate surface area is 143 Å². The summed E-state index contributed by atoms with van der Waals surface area (Å²) >= 11 is 0. The highest BCUT2D eigenvalue weighted by Gasteiger charge is 2.30. The number of sulfonamides is 1. The van der Waals surface area contributed by atoms with Gasteiger partial charge < -0.3 is 9.64 Å². The average Bonchev–Trinajstić information content (AvgIpc) is 2.85. The van der Waals surface area contributed by atoms with Gasteiger partial charge in [-0.2, -0.15) is 0 Å². The van der Waals surface area contributed by atoms with E-state index in [0.29, 0.717) is 45.4 Å². The summed E-state index contributed by atoms with van der Waals surface area (Å²) in [7, 11) is -6.41. The highest BCUT2D eigenvalue weighted by Crippen LogP contribution is 2.22. The summed E-state index contributed by atoms with van der Waals surface area (Å²) < 4.78 is 54.8. The number of hydrogen-bond donors (Lipinski definition) is 1. The Morgan fingerprint density at radius 1 is 1.25 bits per heavy atom. The van der Waals surface area contributed by atoms with Crippen molar-refractivity contribution in [2.75, 3.05) is 37.0 Å². The van der Waals surface area contributed by atoms with Crippen LogP contribution in [-0.2, 0) is 24.6 Å². The second kappa shape index (κ2) is 8.01. The van der Waals surface area contributed by atoms with Gasteiger partial charge in [0.05, 0.1) is 23.9 Å². The fourth-order valence-electron chi connectivity index (χ4n) is 3.13. The first-order valence-corrected chi connectivity index (χ1v) is 11.8. The second-order valence-corrected chi connectivity index (χ2v) is 10.6. The summed E-state index contributed by atoms with van der Waals surface area (Å²) in [5.74, 6) is 0.153. The quantitative estimate of drug-likeness (QED) is 0.710. The van der Waals surface area contributed by atoms with Crippen LogP contribution in [0.2, 0.25) is 0 Å². The van der Waals surface area contributed by atoms with Crippen molar-refractivity contribution in [2.24, 2.45) is 5.92 Å². The molecule has 0 radical (unpaired) electrons. The molecule has 10 heteroatoms. The molecule has 24 heavy (non-hydrogen) atoms. The van der Waals surface area contributed by atoms with Crippen molar-refractivity contribution < 1.29 is 26.4 Å². The minimum Gasteiger partial charge on any atom is -0.450 e. The standard InChI is InChI=1S/C14H26N2O6S2/c1-2-22-14(17)16-7-3-13(4-8-16)15-24(20,21)10-6-12-5-9-23(18,19)11-12/h12-13,15H,2-11H2,1H3. The molecule has 1 N–H and O–H groups in total. The highest BCUT2D eigenvalue weighted by atomic mass is 32.2. The molecule has 0 aromatic rings. The molecular weight excluding hydrogens is 356 g/mol. The molecule has 2 rings (SSSR count). The summed E-state index contributed by atoms with van der Waals surface area (Å²) in [6, 6.07) is -0.187. The number of piperidine rings is 1. The van der Waals surface area contributed by atoms with Gasteiger partial charge in [0.2, 0.25) is 10.0 Å². The molecule has 1 amide bonds. The number of carbonyl (C=O) groups is 1. The Balaban J connectivity index is 1.74. The van der Waals surface area contributed by atoms with Crippen LogP contribution >= 0.6 is 0 Å². The first-order valence-electron chi connectivity index (χ1n) is 8.33. The van der Waals surface area contributed by atoms with Crippen LogP contribution < -0.4 is 4.72 Å². The van der Waals surface area contributed by atoms with Gasteiger partial charge in [-0.15, -0.1) is 0 Å². The Bertz CT molecular complexity index is 638. The summed E-state index contributed by atoms with van der Waals surface area (Å²) in [5, 5.41) is 0. The Kier molecular flexibility index (Phi) is 6.49. The normalized spacial score (nSPS) is 24.9. The molecule has 2 heterocycles. The van der Waals surface area contributed by atoms with Crippen molar-refractivity contribution in [2.45, 2.75) is 38.6 Å². The van der Waals surface area contributed by atoms with E-state index >= 15 is 0 Å². The molecule has 2 aliphatic heterocycles. The van der Waals surface area contributed by atoms with Gasteiger partial charge in [0.25, 0.3) is 0 Å². The molecule has 0 bridgehead atoms. The number of nitrogens with one attached hydrogen (secondary N) is 1. The maximum Gasteiger partial charge on any atom is 0.409 e. The van der Waals surface area contributed by atoms with Gasteiger partial charge in [0, 0.05) is 19.1 Å². The topological polar surface area (TPSA) is 110 Å². The third-order valence-electron chi connectivity index (χ3n) is 4.49. The lowest BCUT2D eigenvalue weighted by Gasteiger charge is -2.31. The molecule has 2 aliphatic rings. The molecule has 1 unspecified atom stereocenters. The minimum atomic E-state index is -3.43. The van der Waals surface area contributed by atoms with Crippen molar-refractivity contribution in [1.29, 1.82) is 0 Å². The number of amides is 1. The van der Waals surface area contributed by atoms with Crippen LogP contribution in [0.1, 0.15) is 32.6 Å². The van der Waals surface area contributed by atoms with E-state index in [0.717, 1.165) is 0 Å². The number of carbonyl (C=O) groups excluding carboxylic acids is 1. The first kappa shape index (κ1) is 19.5. The summed E-state index contributed by atoms with van der Waals surface area (Å²) in [5.41, 5.74) is 0. The predicted octanol–water partition coefficient (Wildman–Crippen LogP) is 0.352. The number of sulfone groups is 1. The van der Waals surface area contributed by atoms with Gasteiger partial charge in [-0.25, -0.2) is 26.4 Å². The number of hydrogen-bond acceptors (Lipinski definition) is 6. The van der Waals surface area contributed by atoms with Gasteiger partial charge in [-0.1, -0.05) is 0 Å². The highest BCUT2D eigenvalue weighted by molar-refractivity contribution is 7.91. The third kappa shape index (κ3) is 5.89. The van der Waals surface area contributed by atoms with Gasteiger partial charge in [0.15, 0.2) is 9.84 Å². The second-order valence-electron chi connectivity index (χ2n) is 6.45. The van der Waals surface area contributed by atoms with E-state index in [4.69, 9.17) is 4.74 Å². The van der Waals surface area contributed by atoms with Gasteiger partial charge in [0.1, 0.15) is 0 Å². The minimum absolute atomic E-state index is 0.0503. The maximum absolute atomic E-state index is 12.2. The zero-order chi connectivity index (χ0) is 17.8. The number of rotatable bonds is 6. The van der Waals surface area contributed by atoms with E-state index in [-0.39, 0.29) is 35.3 Å². The molecule has 0 spiro atoms. The molecule has 0 aliphatic carbocycles. The number of nitrogens with zero attached hydrogens (tertiary/aromatic N) is 1. The number of likely N-dealkylation sites (tertiary alicyclic amines) is 1. The van der Waals surface area contributed by atoms with Crippen LogP contribution in [0.15, 0.2) is 0 Å². The SMILES string of the molecule is CCOC(=O)N1CCC(NS(=O)(=O)CCC2CCS(=O)(=O)C2)CC1. The average molecular weight is 383 g/mol. The molecule has 140 valence electrons. The van der Waals surface area contributed by atoms with Crippen LogP contribution in [0, 0.1) is 5.92 Å². The van der Waals surface area contributed by atoms with E-state index in [9.17, 15) is 21.6 Å². The first-order chi connectivity index (χ1) is 11.2. The van der Waals surface area contributed by atoms with Crippen LogP contribution in [0.3, 0.4) is 0 Å². The van der Waals surface area contributed by atoms with Crippen LogP contribution in [0.4, 0.5) is 4.79 Å².